The van der Waals surface area contributed by atoms with E-state index in [9.17, 15) is 0 Å². The van der Waals surface area contributed by atoms with Crippen LogP contribution in [0, 0.1) is 0 Å². The fourth-order valence-electron chi connectivity index (χ4n) is 0. The minimum absolute atomic E-state index is 0. The molecule has 29 heteroatoms. The largest absolute Gasteiger partial charge is 2.00 e. The van der Waals surface area contributed by atoms with Crippen molar-refractivity contribution in [3.05, 3.63) is 0 Å². The maximum Gasteiger partial charge on any atom is 2.00 e. The summed E-state index contributed by atoms with van der Waals surface area (Å²) in [6, 6.07) is 0. The molecule has 0 aliphatic rings. The number of rotatable bonds is 2. The Morgan fingerprint density at radius 1 is 0.212 bits per heavy atom. The van der Waals surface area contributed by atoms with Crippen LogP contribution in [0.5, 0.6) is 0 Å². The molecule has 0 saturated carbocycles. The Balaban J connectivity index is -0.00000000139. The molecular weight excluding hydrogens is 1600 g/mol. The van der Waals surface area contributed by atoms with Gasteiger partial charge in [0.15, 0.2) is 0 Å². The van der Waals surface area contributed by atoms with Crippen molar-refractivity contribution >= 4 is 440 Å². The van der Waals surface area contributed by atoms with Crippen molar-refractivity contribution in [1.29, 1.82) is 0 Å². The minimum Gasteiger partial charge on any atom is -1.00 e. The normalized spacial score (nSPS) is 4.00. The molecule has 20 nitrogen and oxygen atoms in total. The molecule has 0 aliphatic carbocycles. The van der Waals surface area contributed by atoms with Gasteiger partial charge in [-0.2, -0.15) is 0 Å². The average molecular weight is 1620 g/mol. The Kier molecular flexibility index (Phi) is 736. The second kappa shape index (κ2) is 139. The molecule has 0 rings (SSSR count). The summed E-state index contributed by atoms with van der Waals surface area (Å²) < 4.78 is 0. The smallest absolute Gasteiger partial charge is 1.00 e. The zero-order chi connectivity index (χ0) is 10.3. The Morgan fingerprint density at radius 3 is 0.242 bits per heavy atom. The minimum atomic E-state index is -2.76. The maximum atomic E-state index is 9.05. The van der Waals surface area contributed by atoms with Crippen molar-refractivity contribution < 1.29 is 111 Å². The first kappa shape index (κ1) is 175. The van der Waals surface area contributed by atoms with Gasteiger partial charge in [-0.3, -0.25) is 25.2 Å². The molecule has 0 spiro atoms. The number of hydrogen-bond acceptors (Lipinski definition) is 20. The van der Waals surface area contributed by atoms with Gasteiger partial charge in [0.1, 0.15) is 0 Å². The van der Waals surface area contributed by atoms with Gasteiger partial charge in [-0.15, -0.1) is 0 Å². The average Bonchev–Trinajstić information content (AvgIpc) is 1.88. The summed E-state index contributed by atoms with van der Waals surface area (Å²) in [5.41, 5.74) is 0. The summed E-state index contributed by atoms with van der Waals surface area (Å²) in [6.45, 7) is 0. The molecule has 0 amide bonds. The van der Waals surface area contributed by atoms with Gasteiger partial charge in [-0.1, -0.05) is 0 Å². The predicted octanol–water partition coefficient (Wildman–Crippen LogP) is -15.1. The van der Waals surface area contributed by atoms with Crippen LogP contribution in [0.2, 0.25) is 0 Å². The molecule has 0 aromatic carbocycles. The van der Waals surface area contributed by atoms with Crippen LogP contribution >= 0.6 is 0 Å². The Labute approximate surface area is 557 Å². The zero-order valence-electron chi connectivity index (χ0n) is 20.3. The van der Waals surface area contributed by atoms with Gasteiger partial charge >= 0.3 is 440 Å². The summed E-state index contributed by atoms with van der Waals surface area (Å²) in [4.78, 5) is 0. The van der Waals surface area contributed by atoms with Crippen molar-refractivity contribution in [3.63, 3.8) is 0 Å². The third kappa shape index (κ3) is 187. The Bertz CT molecular complexity index is 112. The van der Waals surface area contributed by atoms with E-state index in [-0.39, 0.29) is 510 Å². The molecule has 0 heterocycles. The predicted molar refractivity (Wildman–Crippen MR) is 93.5 cm³/mol. The van der Waals surface area contributed by atoms with Crippen molar-refractivity contribution in [2.75, 3.05) is 0 Å². The van der Waals surface area contributed by atoms with Crippen LogP contribution in [0.3, 0.4) is 0 Å². The second-order valence-electron chi connectivity index (χ2n) is 1.47. The van der Waals surface area contributed by atoms with Gasteiger partial charge in [0, 0.05) is 0 Å². The number of hydrogen-bond donors (Lipinski definition) is 0. The Hall–Kier alpha value is 13.3. The van der Waals surface area contributed by atoms with Gasteiger partial charge in [0.2, 0.25) is 0 Å². The second-order valence-corrected chi connectivity index (χ2v) is 1.47. The molecule has 0 saturated heterocycles. The molecule has 33 heavy (non-hydrogen) atoms. The molecule has 0 aliphatic heterocycles. The van der Waals surface area contributed by atoms with Crippen LogP contribution in [0.25, 0.3) is 0 Å². The van der Waals surface area contributed by atoms with Gasteiger partial charge in [-0.05, 0) is 0 Å². The van der Waals surface area contributed by atoms with Gasteiger partial charge in [0.25, 0.3) is 0 Å². The topological polar surface area (TPSA) is 544 Å². The zero-order valence-corrected chi connectivity index (χ0v) is 57.3. The first-order chi connectivity index (χ1) is 5.29. The molecule has 0 atom stereocenters. The summed E-state index contributed by atoms with van der Waals surface area (Å²) in [7, 11) is 0. The summed E-state index contributed by atoms with van der Waals surface area (Å²) in [5.74, 6) is 0. The van der Waals surface area contributed by atoms with Crippen LogP contribution in [-0.2, 0) is 0 Å². The van der Waals surface area contributed by atoms with Gasteiger partial charge < -0.3 is 111 Å². The summed E-state index contributed by atoms with van der Waals surface area (Å²) in [6.07, 6.45) is -11.0. The first-order valence-electron chi connectivity index (χ1n) is 2.55. The van der Waals surface area contributed by atoms with Crippen molar-refractivity contribution in [1.82, 2.24) is 0 Å². The molecule has 0 aromatic heterocycles. The van der Waals surface area contributed by atoms with Crippen LogP contribution in [0.15, 0.2) is 0 Å². The van der Waals surface area contributed by atoms with Crippen molar-refractivity contribution in [3.8, 4) is 0 Å². The maximum absolute atomic E-state index is 9.05. The van der Waals surface area contributed by atoms with Crippen molar-refractivity contribution in [2.24, 2.45) is 0 Å². The molecule has 12 N–H and O–H groups in total. The molecule has 178 valence electrons. The third-order valence-corrected chi connectivity index (χ3v) is 0.444. The Morgan fingerprint density at radius 2 is 0.242 bits per heavy atom. The monoisotopic (exact) mass is 1630 g/mol. The molecule has 0 bridgehead atoms. The third-order valence-electron chi connectivity index (χ3n) is 0.444. The van der Waals surface area contributed by atoms with E-state index >= 15 is 0 Å². The van der Waals surface area contributed by atoms with E-state index in [2.05, 4.69) is 0 Å². The van der Waals surface area contributed by atoms with Crippen LogP contribution < -0.4 is 40.9 Å². The summed E-state index contributed by atoms with van der Waals surface area (Å²) in [5, 5.41) is 72.4. The van der Waals surface area contributed by atoms with Crippen LogP contribution in [0.4, 0.5) is 0 Å². The fourth-order valence-corrected chi connectivity index (χ4v) is 0. The summed E-state index contributed by atoms with van der Waals surface area (Å²) >= 11 is 0. The van der Waals surface area contributed by atoms with E-state index in [1.165, 1.54) is 0 Å². The van der Waals surface area contributed by atoms with Crippen molar-refractivity contribution in [2.45, 2.75) is 25.2 Å². The fraction of sp³-hybridized carbons (Fsp3) is 1.00. The van der Waals surface area contributed by atoms with E-state index < -0.39 is 25.2 Å². The van der Waals surface area contributed by atoms with E-state index in [0.29, 0.717) is 0 Å². The van der Waals surface area contributed by atoms with E-state index in [4.69, 9.17) is 40.9 Å². The van der Waals surface area contributed by atoms with Crippen LogP contribution in [0.1, 0.15) is 4.28 Å². The van der Waals surface area contributed by atoms with Crippen LogP contribution in [-0.4, -0.2) is 531 Å². The molecule has 0 fully saturated rings. The quantitative estimate of drug-likeness (QED) is 0.183. The first-order valence-corrected chi connectivity index (χ1v) is 2.55. The molecule has 0 unspecified atom stereocenters. The molecular formula is C4H19Ba9O20-5. The van der Waals surface area contributed by atoms with Gasteiger partial charge in [-0.25, -0.2) is 0 Å². The van der Waals surface area contributed by atoms with E-state index in [1.54, 1.807) is 0 Å². The molecule has 0 aromatic rings. The standard InChI is InChI=1S/2C2H2O4.9Ba.12H2O.3H/c2*3-1(4)2(5)6;;;;;;;;;;;;;;;;;;;;;;;;/h2*1-2H;;;;;;;;;;12*1H2;;;/q2*-4;9*+2;;;;;;;;;;;;;3*-1/p-12. The van der Waals surface area contributed by atoms with Gasteiger partial charge in [0.05, 0.1) is 0 Å². The molecule has 0 radical (unpaired) electrons. The SMILES string of the molecule is [Ba+2].[Ba+2].[Ba+2].[Ba+2].[Ba+2].[Ba+2].[Ba+2].[Ba+2].[Ba+2].[H-].[H-].[H-].[O-]C([O-])C([O-])[O-].[O-]C([O-])C([O-])[O-].[OH-].[OH-].[OH-].[OH-].[OH-].[OH-].[OH-].[OH-].[OH-].[OH-].[OH-].[OH-]. The van der Waals surface area contributed by atoms with E-state index in [1.807, 2.05) is 0 Å². The van der Waals surface area contributed by atoms with E-state index in [0.717, 1.165) is 0 Å².